The Bertz CT molecular complexity index is 828. The van der Waals surface area contributed by atoms with E-state index in [4.69, 9.17) is 10.5 Å². The molecule has 26 heavy (non-hydrogen) atoms. The van der Waals surface area contributed by atoms with Gasteiger partial charge in [0.1, 0.15) is 6.04 Å². The van der Waals surface area contributed by atoms with Crippen LogP contribution in [0.5, 0.6) is 0 Å². The van der Waals surface area contributed by atoms with Gasteiger partial charge in [0.25, 0.3) is 0 Å². The van der Waals surface area contributed by atoms with Crippen LogP contribution < -0.4 is 11.1 Å². The highest BCUT2D eigenvalue weighted by Crippen LogP contribution is 2.24. The molecule has 0 heterocycles. The highest BCUT2D eigenvalue weighted by molar-refractivity contribution is 7.90. The molecule has 0 aromatic heterocycles. The first-order valence-corrected chi connectivity index (χ1v) is 9.62. The summed E-state index contributed by atoms with van der Waals surface area (Å²) >= 11 is 0. The molecule has 8 heteroatoms. The van der Waals surface area contributed by atoms with E-state index < -0.39 is 21.9 Å². The van der Waals surface area contributed by atoms with E-state index in [1.807, 2.05) is 30.3 Å². The summed E-state index contributed by atoms with van der Waals surface area (Å²) in [4.78, 5) is 12.5. The van der Waals surface area contributed by atoms with Gasteiger partial charge in [-0.25, -0.2) is 8.42 Å². The largest absolute Gasteiger partial charge is 0.383 e. The molecule has 0 radical (unpaired) electrons. The number of halogens is 1. The molecule has 142 valence electrons. The number of methoxy groups -OCH3 is 1. The summed E-state index contributed by atoms with van der Waals surface area (Å²) in [5, 5.41) is 2.87. The lowest BCUT2D eigenvalue weighted by molar-refractivity contribution is -0.123. The molecular weight excluding hydrogens is 376 g/mol. The predicted octanol–water partition coefficient (Wildman–Crippen LogP) is 1.69. The number of benzene rings is 2. The molecule has 6 nitrogen and oxygen atoms in total. The van der Waals surface area contributed by atoms with E-state index in [0.29, 0.717) is 5.56 Å². The number of amides is 1. The van der Waals surface area contributed by atoms with Gasteiger partial charge in [0.15, 0.2) is 9.84 Å². The Balaban J connectivity index is 0.00000338. The summed E-state index contributed by atoms with van der Waals surface area (Å²) in [6, 6.07) is 14.5. The van der Waals surface area contributed by atoms with E-state index in [2.05, 4.69) is 5.32 Å². The second kappa shape index (κ2) is 9.68. The maximum absolute atomic E-state index is 12.3. The van der Waals surface area contributed by atoms with Crippen LogP contribution in [0.2, 0.25) is 0 Å². The molecule has 0 spiro atoms. The summed E-state index contributed by atoms with van der Waals surface area (Å²) in [6.45, 7) is 0.0940. The molecular formula is C18H23ClN2O4S. The zero-order chi connectivity index (χ0) is 18.4. The number of rotatable bonds is 7. The molecule has 2 aromatic carbocycles. The number of carbonyl (C=O) groups is 1. The summed E-state index contributed by atoms with van der Waals surface area (Å²) in [6.07, 6.45) is 1.15. The minimum Gasteiger partial charge on any atom is -0.383 e. The third-order valence-corrected chi connectivity index (χ3v) is 4.83. The van der Waals surface area contributed by atoms with Crippen molar-refractivity contribution < 1.29 is 17.9 Å². The van der Waals surface area contributed by atoms with Crippen molar-refractivity contribution in [3.05, 3.63) is 65.7 Å². The van der Waals surface area contributed by atoms with Gasteiger partial charge < -0.3 is 15.8 Å². The second-order valence-electron chi connectivity index (χ2n) is 5.76. The van der Waals surface area contributed by atoms with Crippen LogP contribution in [0.4, 0.5) is 0 Å². The number of carbonyl (C=O) groups excluding carboxylic acids is 1. The summed E-state index contributed by atoms with van der Waals surface area (Å²) in [5.41, 5.74) is 7.28. The minimum atomic E-state index is -3.35. The lowest BCUT2D eigenvalue weighted by Crippen LogP contribution is -2.45. The van der Waals surface area contributed by atoms with E-state index in [-0.39, 0.29) is 29.8 Å². The number of hydrogen-bond acceptors (Lipinski definition) is 5. The molecule has 2 rings (SSSR count). The van der Waals surface area contributed by atoms with Crippen LogP contribution in [0.3, 0.4) is 0 Å². The molecule has 0 saturated carbocycles. The fourth-order valence-electron chi connectivity index (χ4n) is 2.43. The first-order chi connectivity index (χ1) is 11.8. The van der Waals surface area contributed by atoms with Gasteiger partial charge in [0, 0.05) is 13.4 Å². The zero-order valence-corrected chi connectivity index (χ0v) is 16.2. The quantitative estimate of drug-likeness (QED) is 0.739. The number of nitrogens with two attached hydrogens (primary N) is 1. The number of sulfone groups is 1. The van der Waals surface area contributed by atoms with Gasteiger partial charge in [-0.1, -0.05) is 42.5 Å². The van der Waals surface area contributed by atoms with Crippen molar-refractivity contribution >= 4 is 28.2 Å². The SMILES string of the molecule is COCC(N)C(=O)NC(c1ccccc1)c1cccc(S(C)(=O)=O)c1.Cl. The van der Waals surface area contributed by atoms with Gasteiger partial charge in [-0.15, -0.1) is 12.4 Å². The lowest BCUT2D eigenvalue weighted by atomic mass is 9.98. The van der Waals surface area contributed by atoms with Gasteiger partial charge in [-0.3, -0.25) is 4.79 Å². The topological polar surface area (TPSA) is 98.5 Å². The summed E-state index contributed by atoms with van der Waals surface area (Å²) < 4.78 is 28.6. The maximum Gasteiger partial charge on any atom is 0.240 e. The van der Waals surface area contributed by atoms with E-state index in [9.17, 15) is 13.2 Å². The third-order valence-electron chi connectivity index (χ3n) is 3.72. The van der Waals surface area contributed by atoms with Gasteiger partial charge in [0.05, 0.1) is 17.5 Å². The number of nitrogens with one attached hydrogen (secondary N) is 1. The van der Waals surface area contributed by atoms with Crippen molar-refractivity contribution in [1.29, 1.82) is 0 Å². The number of hydrogen-bond donors (Lipinski definition) is 2. The van der Waals surface area contributed by atoms with Crippen molar-refractivity contribution in [2.75, 3.05) is 20.0 Å². The van der Waals surface area contributed by atoms with E-state index in [0.717, 1.165) is 11.8 Å². The van der Waals surface area contributed by atoms with Crippen molar-refractivity contribution in [1.82, 2.24) is 5.32 Å². The van der Waals surface area contributed by atoms with Crippen LogP contribution in [-0.2, 0) is 19.4 Å². The summed E-state index contributed by atoms with van der Waals surface area (Å²) in [7, 11) is -1.88. The van der Waals surface area contributed by atoms with Crippen LogP contribution in [0.1, 0.15) is 17.2 Å². The molecule has 0 aliphatic heterocycles. The highest BCUT2D eigenvalue weighted by Gasteiger charge is 2.22. The fraction of sp³-hybridized carbons (Fsp3) is 0.278. The Labute approximate surface area is 160 Å². The van der Waals surface area contributed by atoms with Gasteiger partial charge in [-0.2, -0.15) is 0 Å². The molecule has 1 amide bonds. The minimum absolute atomic E-state index is 0. The van der Waals surface area contributed by atoms with Crippen molar-refractivity contribution in [3.8, 4) is 0 Å². The molecule has 0 fully saturated rings. The molecule has 2 aromatic rings. The Kier molecular flexibility index (Phi) is 8.23. The predicted molar refractivity (Wildman–Crippen MR) is 103 cm³/mol. The number of ether oxygens (including phenoxy) is 1. The van der Waals surface area contributed by atoms with Crippen molar-refractivity contribution in [2.45, 2.75) is 17.0 Å². The van der Waals surface area contributed by atoms with E-state index >= 15 is 0 Å². The molecule has 2 atom stereocenters. The van der Waals surface area contributed by atoms with Crippen molar-refractivity contribution in [2.24, 2.45) is 5.73 Å². The van der Waals surface area contributed by atoms with Crippen molar-refractivity contribution in [3.63, 3.8) is 0 Å². The highest BCUT2D eigenvalue weighted by atomic mass is 35.5. The normalized spacial score (nSPS) is 13.3. The Morgan fingerprint density at radius 2 is 1.73 bits per heavy atom. The zero-order valence-electron chi connectivity index (χ0n) is 14.6. The maximum atomic E-state index is 12.3. The molecule has 0 saturated heterocycles. The van der Waals surface area contributed by atoms with E-state index in [1.165, 1.54) is 13.2 Å². The standard InChI is InChI=1S/C18H22N2O4S.ClH/c1-24-12-16(19)18(21)20-17(13-7-4-3-5-8-13)14-9-6-10-15(11-14)25(2,22)23;/h3-11,16-17H,12,19H2,1-2H3,(H,20,21);1H. The monoisotopic (exact) mass is 398 g/mol. The van der Waals surface area contributed by atoms with Gasteiger partial charge in [0.2, 0.25) is 5.91 Å². The lowest BCUT2D eigenvalue weighted by Gasteiger charge is -2.22. The van der Waals surface area contributed by atoms with Crippen LogP contribution in [0.15, 0.2) is 59.5 Å². The first-order valence-electron chi connectivity index (χ1n) is 7.73. The van der Waals surface area contributed by atoms with Crippen LogP contribution >= 0.6 is 12.4 Å². The van der Waals surface area contributed by atoms with Crippen LogP contribution in [0, 0.1) is 0 Å². The Morgan fingerprint density at radius 3 is 2.31 bits per heavy atom. The fourth-order valence-corrected chi connectivity index (χ4v) is 3.11. The molecule has 0 aliphatic carbocycles. The van der Waals surface area contributed by atoms with Gasteiger partial charge >= 0.3 is 0 Å². The smallest absolute Gasteiger partial charge is 0.240 e. The second-order valence-corrected chi connectivity index (χ2v) is 7.77. The van der Waals surface area contributed by atoms with Crippen LogP contribution in [-0.4, -0.2) is 40.3 Å². The van der Waals surface area contributed by atoms with Crippen LogP contribution in [0.25, 0.3) is 0 Å². The Hall–Kier alpha value is -1.93. The third kappa shape index (κ3) is 5.81. The Morgan fingerprint density at radius 1 is 1.12 bits per heavy atom. The molecule has 0 bridgehead atoms. The first kappa shape index (κ1) is 22.1. The molecule has 0 aliphatic rings. The summed E-state index contributed by atoms with van der Waals surface area (Å²) in [5.74, 6) is -0.375. The van der Waals surface area contributed by atoms with Gasteiger partial charge in [-0.05, 0) is 23.3 Å². The average Bonchev–Trinajstić information content (AvgIpc) is 2.59. The van der Waals surface area contributed by atoms with E-state index in [1.54, 1.807) is 18.2 Å². The molecule has 2 unspecified atom stereocenters. The molecule has 3 N–H and O–H groups in total. The average molecular weight is 399 g/mol.